The van der Waals surface area contributed by atoms with E-state index in [1.807, 2.05) is 6.07 Å². The molecule has 110 valence electrons. The fourth-order valence-electron chi connectivity index (χ4n) is 2.73. The molecular formula is C15H17N3O2S. The van der Waals surface area contributed by atoms with Gasteiger partial charge in [-0.2, -0.15) is 0 Å². The Hall–Kier alpha value is -1.95. The minimum Gasteiger partial charge on any atom is -0.379 e. The lowest BCUT2D eigenvalue weighted by Crippen LogP contribution is -2.06. The first-order valence-corrected chi connectivity index (χ1v) is 8.06. The van der Waals surface area contributed by atoms with Gasteiger partial charge in [-0.1, -0.05) is 11.6 Å². The standard InChI is InChI=1S/C15H17N3O2S/c19-18(20)15-12(6-7-13-14(15)17-10-21-13)16-9-8-11-4-2-1-3-5-11/h4,6-7,10,16H,1-3,5,8-9H2. The number of benzene rings is 1. The van der Waals surface area contributed by atoms with Crippen LogP contribution in [0.5, 0.6) is 0 Å². The zero-order chi connectivity index (χ0) is 14.7. The van der Waals surface area contributed by atoms with Crippen molar-refractivity contribution in [3.8, 4) is 0 Å². The first-order chi connectivity index (χ1) is 10.3. The van der Waals surface area contributed by atoms with Crippen molar-refractivity contribution in [3.63, 3.8) is 0 Å². The summed E-state index contributed by atoms with van der Waals surface area (Å²) in [5, 5.41) is 14.5. The smallest absolute Gasteiger partial charge is 0.319 e. The Bertz CT molecular complexity index is 693. The number of nitro groups is 1. The number of allylic oxidation sites excluding steroid dienone is 1. The second kappa shape index (κ2) is 6.22. The Labute approximate surface area is 126 Å². The van der Waals surface area contributed by atoms with Gasteiger partial charge < -0.3 is 5.32 Å². The molecule has 0 saturated carbocycles. The van der Waals surface area contributed by atoms with Gasteiger partial charge in [-0.3, -0.25) is 10.1 Å². The van der Waals surface area contributed by atoms with Gasteiger partial charge in [-0.05, 0) is 44.2 Å². The molecule has 0 radical (unpaired) electrons. The highest BCUT2D eigenvalue weighted by molar-refractivity contribution is 7.16. The van der Waals surface area contributed by atoms with Crippen LogP contribution in [-0.4, -0.2) is 16.5 Å². The number of aromatic nitrogens is 1. The number of hydrogen-bond acceptors (Lipinski definition) is 5. The molecular weight excluding hydrogens is 286 g/mol. The van der Waals surface area contributed by atoms with Crippen LogP contribution in [0.4, 0.5) is 11.4 Å². The third kappa shape index (κ3) is 3.05. The summed E-state index contributed by atoms with van der Waals surface area (Å²) in [4.78, 5) is 15.1. The number of nitrogens with zero attached hydrogens (tertiary/aromatic N) is 2. The van der Waals surface area contributed by atoms with Crippen LogP contribution in [-0.2, 0) is 0 Å². The number of rotatable bonds is 5. The summed E-state index contributed by atoms with van der Waals surface area (Å²) in [5.41, 5.74) is 4.24. The van der Waals surface area contributed by atoms with E-state index in [0.29, 0.717) is 11.2 Å². The van der Waals surface area contributed by atoms with E-state index in [2.05, 4.69) is 16.4 Å². The number of anilines is 1. The van der Waals surface area contributed by atoms with E-state index in [9.17, 15) is 10.1 Å². The van der Waals surface area contributed by atoms with Gasteiger partial charge in [0, 0.05) is 6.54 Å². The van der Waals surface area contributed by atoms with Crippen molar-refractivity contribution >= 4 is 32.9 Å². The van der Waals surface area contributed by atoms with Crippen LogP contribution >= 0.6 is 11.3 Å². The fraction of sp³-hybridized carbons (Fsp3) is 0.400. The molecule has 0 atom stereocenters. The number of fused-ring (bicyclic) bond motifs is 1. The minimum atomic E-state index is -0.343. The molecule has 21 heavy (non-hydrogen) atoms. The third-order valence-electron chi connectivity index (χ3n) is 3.80. The van der Waals surface area contributed by atoms with Crippen LogP contribution in [0.3, 0.4) is 0 Å². The van der Waals surface area contributed by atoms with Crippen molar-refractivity contribution in [1.82, 2.24) is 4.98 Å². The Kier molecular flexibility index (Phi) is 4.15. The fourth-order valence-corrected chi connectivity index (χ4v) is 3.41. The molecule has 1 aromatic heterocycles. The molecule has 1 aromatic carbocycles. The average Bonchev–Trinajstić information content (AvgIpc) is 2.96. The quantitative estimate of drug-likeness (QED) is 0.501. The molecule has 5 nitrogen and oxygen atoms in total. The summed E-state index contributed by atoms with van der Waals surface area (Å²) in [5.74, 6) is 0. The highest BCUT2D eigenvalue weighted by atomic mass is 32.1. The molecule has 0 saturated heterocycles. The van der Waals surface area contributed by atoms with Crippen molar-refractivity contribution in [2.75, 3.05) is 11.9 Å². The number of thiazole rings is 1. The highest BCUT2D eigenvalue weighted by Gasteiger charge is 2.20. The number of nitrogens with one attached hydrogen (secondary N) is 1. The van der Waals surface area contributed by atoms with Gasteiger partial charge in [0.15, 0.2) is 5.52 Å². The van der Waals surface area contributed by atoms with E-state index in [-0.39, 0.29) is 10.6 Å². The summed E-state index contributed by atoms with van der Waals surface area (Å²) >= 11 is 1.42. The molecule has 0 fully saturated rings. The molecule has 0 unspecified atom stereocenters. The maximum atomic E-state index is 11.3. The maximum Gasteiger partial charge on any atom is 0.319 e. The topological polar surface area (TPSA) is 68.1 Å². The summed E-state index contributed by atoms with van der Waals surface area (Å²) in [6.07, 6.45) is 8.13. The van der Waals surface area contributed by atoms with Gasteiger partial charge in [0.1, 0.15) is 5.69 Å². The first kappa shape index (κ1) is 14.0. The van der Waals surface area contributed by atoms with Crippen molar-refractivity contribution in [2.24, 2.45) is 0 Å². The largest absolute Gasteiger partial charge is 0.379 e. The lowest BCUT2D eigenvalue weighted by atomic mass is 9.97. The van der Waals surface area contributed by atoms with Crippen LogP contribution in [0.2, 0.25) is 0 Å². The average molecular weight is 303 g/mol. The second-order valence-corrected chi connectivity index (χ2v) is 6.09. The summed E-state index contributed by atoms with van der Waals surface area (Å²) in [7, 11) is 0. The van der Waals surface area contributed by atoms with Crippen LogP contribution in [0.25, 0.3) is 10.2 Å². The molecule has 0 amide bonds. The molecule has 0 aliphatic heterocycles. The highest BCUT2D eigenvalue weighted by Crippen LogP contribution is 2.34. The molecule has 3 rings (SSSR count). The first-order valence-electron chi connectivity index (χ1n) is 7.18. The zero-order valence-electron chi connectivity index (χ0n) is 11.7. The van der Waals surface area contributed by atoms with E-state index >= 15 is 0 Å². The van der Waals surface area contributed by atoms with Gasteiger partial charge >= 0.3 is 5.69 Å². The summed E-state index contributed by atoms with van der Waals surface area (Å²) in [6.45, 7) is 0.725. The Balaban J connectivity index is 1.75. The predicted octanol–water partition coefficient (Wildman–Crippen LogP) is 4.51. The second-order valence-electron chi connectivity index (χ2n) is 5.20. The molecule has 1 aliphatic carbocycles. The monoisotopic (exact) mass is 303 g/mol. The van der Waals surface area contributed by atoms with Crippen molar-refractivity contribution in [3.05, 3.63) is 39.4 Å². The lowest BCUT2D eigenvalue weighted by molar-refractivity contribution is -0.382. The number of hydrogen-bond donors (Lipinski definition) is 1. The summed E-state index contributed by atoms with van der Waals surface area (Å²) < 4.78 is 0.849. The molecule has 0 bridgehead atoms. The van der Waals surface area contributed by atoms with Gasteiger partial charge in [-0.15, -0.1) is 11.3 Å². The van der Waals surface area contributed by atoms with Crippen LogP contribution in [0, 0.1) is 10.1 Å². The van der Waals surface area contributed by atoms with E-state index in [1.54, 1.807) is 11.6 Å². The maximum absolute atomic E-state index is 11.3. The Morgan fingerprint density at radius 3 is 3.05 bits per heavy atom. The van der Waals surface area contributed by atoms with Crippen LogP contribution in [0.1, 0.15) is 32.1 Å². The van der Waals surface area contributed by atoms with Crippen LogP contribution < -0.4 is 5.32 Å². The van der Waals surface area contributed by atoms with Crippen molar-refractivity contribution in [1.29, 1.82) is 0 Å². The van der Waals surface area contributed by atoms with Crippen molar-refractivity contribution in [2.45, 2.75) is 32.1 Å². The predicted molar refractivity (Wildman–Crippen MR) is 85.9 cm³/mol. The Morgan fingerprint density at radius 2 is 2.29 bits per heavy atom. The van der Waals surface area contributed by atoms with Crippen molar-refractivity contribution < 1.29 is 4.92 Å². The van der Waals surface area contributed by atoms with Gasteiger partial charge in [0.05, 0.1) is 15.1 Å². The Morgan fingerprint density at radius 1 is 1.38 bits per heavy atom. The van der Waals surface area contributed by atoms with E-state index in [0.717, 1.165) is 24.1 Å². The molecule has 1 aliphatic rings. The normalized spacial score (nSPS) is 15.0. The SMILES string of the molecule is O=[N+]([O-])c1c(NCCC2=CCCCC2)ccc2scnc12. The molecule has 1 heterocycles. The van der Waals surface area contributed by atoms with E-state index in [4.69, 9.17) is 0 Å². The minimum absolute atomic E-state index is 0.0892. The molecule has 0 spiro atoms. The molecule has 1 N–H and O–H groups in total. The van der Waals surface area contributed by atoms with Gasteiger partial charge in [0.25, 0.3) is 0 Å². The van der Waals surface area contributed by atoms with E-state index in [1.165, 1.54) is 36.2 Å². The number of nitro benzene ring substituents is 1. The zero-order valence-corrected chi connectivity index (χ0v) is 12.5. The van der Waals surface area contributed by atoms with E-state index < -0.39 is 0 Å². The lowest BCUT2D eigenvalue weighted by Gasteiger charge is -2.13. The summed E-state index contributed by atoms with van der Waals surface area (Å²) in [6, 6.07) is 3.68. The molecule has 2 aromatic rings. The van der Waals surface area contributed by atoms with Crippen LogP contribution in [0.15, 0.2) is 29.3 Å². The van der Waals surface area contributed by atoms with Gasteiger partial charge in [-0.25, -0.2) is 4.98 Å². The third-order valence-corrected chi connectivity index (χ3v) is 4.60. The van der Waals surface area contributed by atoms with Gasteiger partial charge in [0.2, 0.25) is 0 Å². The molecule has 6 heteroatoms.